The zero-order valence-corrected chi connectivity index (χ0v) is 15.8. The molecule has 0 amide bonds. The van der Waals surface area contributed by atoms with Gasteiger partial charge in [0, 0.05) is 26.2 Å². The number of nitrogens with zero attached hydrogens (tertiary/aromatic N) is 2. The van der Waals surface area contributed by atoms with Crippen LogP contribution in [0.1, 0.15) is 30.6 Å². The van der Waals surface area contributed by atoms with Gasteiger partial charge in [0.2, 0.25) is 0 Å². The number of rotatable bonds is 6. The molecule has 0 bridgehead atoms. The maximum Gasteiger partial charge on any atom is 0.347 e. The van der Waals surface area contributed by atoms with Crippen molar-refractivity contribution in [3.63, 3.8) is 0 Å². The lowest BCUT2D eigenvalue weighted by Gasteiger charge is -2.34. The van der Waals surface area contributed by atoms with E-state index in [1.54, 1.807) is 6.07 Å². The van der Waals surface area contributed by atoms with Crippen LogP contribution in [-0.2, 0) is 14.3 Å². The van der Waals surface area contributed by atoms with Crippen LogP contribution >= 0.6 is 0 Å². The molecule has 0 radical (unpaired) electrons. The zero-order chi connectivity index (χ0) is 19.3. The first kappa shape index (κ1) is 20.2. The summed E-state index contributed by atoms with van der Waals surface area (Å²) in [5, 5.41) is 0. The fourth-order valence-electron chi connectivity index (χ4n) is 2.89. The zero-order valence-electron chi connectivity index (χ0n) is 15.8. The highest BCUT2D eigenvalue weighted by molar-refractivity contribution is 5.92. The number of piperazine rings is 1. The quantitative estimate of drug-likeness (QED) is 0.720. The van der Waals surface area contributed by atoms with Gasteiger partial charge in [0.25, 0.3) is 0 Å². The number of esters is 2. The van der Waals surface area contributed by atoms with Crippen LogP contribution in [0.15, 0.2) is 18.2 Å². The number of carbonyl (C=O) groups is 2. The molecule has 0 saturated carbocycles. The van der Waals surface area contributed by atoms with Gasteiger partial charge >= 0.3 is 11.9 Å². The van der Waals surface area contributed by atoms with E-state index in [4.69, 9.17) is 4.74 Å². The summed E-state index contributed by atoms with van der Waals surface area (Å²) < 4.78 is 24.4. The molecule has 7 heteroatoms. The topological polar surface area (TPSA) is 59.1 Å². The van der Waals surface area contributed by atoms with E-state index in [9.17, 15) is 14.0 Å². The van der Waals surface area contributed by atoms with E-state index in [0.29, 0.717) is 12.1 Å². The van der Waals surface area contributed by atoms with E-state index < -0.39 is 23.9 Å². The SMILES string of the molecule is COC(=O)[C@H](CC(C)C)OC(=O)c1ccc(N2CCN(C)CC2)c(F)c1. The van der Waals surface area contributed by atoms with Crippen molar-refractivity contribution in [1.82, 2.24) is 4.90 Å². The molecule has 1 saturated heterocycles. The Morgan fingerprint density at radius 1 is 1.19 bits per heavy atom. The molecule has 1 aromatic rings. The van der Waals surface area contributed by atoms with Crippen molar-refractivity contribution in [3.8, 4) is 0 Å². The Kier molecular flexibility index (Phi) is 6.97. The van der Waals surface area contributed by atoms with Gasteiger partial charge in [-0.3, -0.25) is 0 Å². The number of benzene rings is 1. The number of methoxy groups -OCH3 is 1. The minimum atomic E-state index is -0.993. The molecule has 6 nitrogen and oxygen atoms in total. The van der Waals surface area contributed by atoms with Crippen LogP contribution in [0.2, 0.25) is 0 Å². The lowest BCUT2D eigenvalue weighted by atomic mass is 10.1. The smallest absolute Gasteiger partial charge is 0.347 e. The Labute approximate surface area is 153 Å². The largest absolute Gasteiger partial charge is 0.466 e. The highest BCUT2D eigenvalue weighted by Crippen LogP contribution is 2.23. The van der Waals surface area contributed by atoms with Gasteiger partial charge in [-0.2, -0.15) is 0 Å². The Morgan fingerprint density at radius 3 is 2.38 bits per heavy atom. The van der Waals surface area contributed by atoms with Gasteiger partial charge in [-0.15, -0.1) is 0 Å². The van der Waals surface area contributed by atoms with Gasteiger partial charge in [-0.1, -0.05) is 13.8 Å². The lowest BCUT2D eigenvalue weighted by molar-refractivity contribution is -0.151. The molecule has 26 heavy (non-hydrogen) atoms. The molecule has 0 aliphatic carbocycles. The fraction of sp³-hybridized carbons (Fsp3) is 0.579. The summed E-state index contributed by atoms with van der Waals surface area (Å²) in [7, 11) is 3.27. The molecular weight excluding hydrogens is 339 g/mol. The Bertz CT molecular complexity index is 642. The third kappa shape index (κ3) is 5.17. The summed E-state index contributed by atoms with van der Waals surface area (Å²) in [5.41, 5.74) is 0.555. The fourth-order valence-corrected chi connectivity index (χ4v) is 2.89. The van der Waals surface area contributed by atoms with Crippen LogP contribution < -0.4 is 4.90 Å². The molecule has 1 aliphatic heterocycles. The average Bonchev–Trinajstić information content (AvgIpc) is 2.60. The summed E-state index contributed by atoms with van der Waals surface area (Å²) in [6, 6.07) is 4.29. The molecule has 1 heterocycles. The van der Waals surface area contributed by atoms with Crippen LogP contribution in [-0.4, -0.2) is 63.3 Å². The Balaban J connectivity index is 2.09. The molecule has 0 unspecified atom stereocenters. The van der Waals surface area contributed by atoms with E-state index in [0.717, 1.165) is 26.2 Å². The van der Waals surface area contributed by atoms with Crippen LogP contribution in [0.25, 0.3) is 0 Å². The monoisotopic (exact) mass is 366 g/mol. The minimum absolute atomic E-state index is 0.0815. The molecule has 1 aliphatic rings. The van der Waals surface area contributed by atoms with E-state index >= 15 is 0 Å². The summed E-state index contributed by atoms with van der Waals surface area (Å²) in [6.45, 7) is 7.01. The molecule has 0 N–H and O–H groups in total. The van der Waals surface area contributed by atoms with Crippen molar-refractivity contribution < 1.29 is 23.5 Å². The van der Waals surface area contributed by atoms with Crippen LogP contribution in [0, 0.1) is 11.7 Å². The van der Waals surface area contributed by atoms with E-state index in [-0.39, 0.29) is 11.5 Å². The van der Waals surface area contributed by atoms with Gasteiger partial charge in [-0.25, -0.2) is 14.0 Å². The molecule has 0 spiro atoms. The van der Waals surface area contributed by atoms with Crippen molar-refractivity contribution in [3.05, 3.63) is 29.6 Å². The van der Waals surface area contributed by atoms with Crippen LogP contribution in [0.3, 0.4) is 0 Å². The van der Waals surface area contributed by atoms with E-state index in [2.05, 4.69) is 9.64 Å². The van der Waals surface area contributed by atoms with Crippen molar-refractivity contribution in [1.29, 1.82) is 0 Å². The van der Waals surface area contributed by atoms with Crippen LogP contribution in [0.4, 0.5) is 10.1 Å². The maximum atomic E-state index is 14.5. The molecule has 2 rings (SSSR count). The van der Waals surface area contributed by atoms with Crippen molar-refractivity contribution in [2.45, 2.75) is 26.4 Å². The van der Waals surface area contributed by atoms with Crippen molar-refractivity contribution >= 4 is 17.6 Å². The first-order valence-corrected chi connectivity index (χ1v) is 8.83. The molecular formula is C19H27FN2O4. The summed E-state index contributed by atoms with van der Waals surface area (Å²) in [6.07, 6.45) is -0.645. The van der Waals surface area contributed by atoms with Gasteiger partial charge in [-0.05, 0) is 37.6 Å². The number of ether oxygens (including phenoxy) is 2. The number of halogens is 1. The number of likely N-dealkylation sites (N-methyl/N-ethyl adjacent to an activating group) is 1. The maximum absolute atomic E-state index is 14.5. The average molecular weight is 366 g/mol. The molecule has 144 valence electrons. The lowest BCUT2D eigenvalue weighted by Crippen LogP contribution is -2.44. The van der Waals surface area contributed by atoms with Gasteiger partial charge in [0.15, 0.2) is 6.10 Å². The number of hydrogen-bond acceptors (Lipinski definition) is 6. The number of anilines is 1. The predicted molar refractivity (Wildman–Crippen MR) is 96.8 cm³/mol. The third-order valence-corrected chi connectivity index (χ3v) is 4.43. The molecule has 1 fully saturated rings. The summed E-state index contributed by atoms with van der Waals surface area (Å²) >= 11 is 0. The minimum Gasteiger partial charge on any atom is -0.466 e. The van der Waals surface area contributed by atoms with Gasteiger partial charge in [0.05, 0.1) is 18.4 Å². The van der Waals surface area contributed by atoms with Crippen LogP contribution in [0.5, 0.6) is 0 Å². The standard InChI is InChI=1S/C19H27FN2O4/c1-13(2)11-17(19(24)25-4)26-18(23)14-5-6-16(15(20)12-14)22-9-7-21(3)8-10-22/h5-6,12-13,17H,7-11H2,1-4H3/t17-/m0/s1. The Morgan fingerprint density at radius 2 is 1.85 bits per heavy atom. The molecule has 0 aromatic heterocycles. The number of hydrogen-bond donors (Lipinski definition) is 0. The van der Waals surface area contributed by atoms with Gasteiger partial charge < -0.3 is 19.3 Å². The molecule has 1 aromatic carbocycles. The second kappa shape index (κ2) is 8.98. The number of carbonyl (C=O) groups excluding carboxylic acids is 2. The van der Waals surface area contributed by atoms with Crippen molar-refractivity contribution in [2.24, 2.45) is 5.92 Å². The highest BCUT2D eigenvalue weighted by Gasteiger charge is 2.26. The summed E-state index contributed by atoms with van der Waals surface area (Å²) in [4.78, 5) is 28.2. The normalized spacial score (nSPS) is 16.5. The highest BCUT2D eigenvalue weighted by atomic mass is 19.1. The Hall–Kier alpha value is -2.15. The first-order valence-electron chi connectivity index (χ1n) is 8.83. The van der Waals surface area contributed by atoms with Gasteiger partial charge in [0.1, 0.15) is 5.82 Å². The predicted octanol–water partition coefficient (Wildman–Crippen LogP) is 2.32. The second-order valence-electron chi connectivity index (χ2n) is 7.00. The second-order valence-corrected chi connectivity index (χ2v) is 7.00. The summed E-state index contributed by atoms with van der Waals surface area (Å²) in [5.74, 6) is -1.67. The van der Waals surface area contributed by atoms with Crippen molar-refractivity contribution in [2.75, 3.05) is 45.2 Å². The molecule has 1 atom stereocenters. The van der Waals surface area contributed by atoms with E-state index in [1.165, 1.54) is 19.2 Å². The van der Waals surface area contributed by atoms with E-state index in [1.807, 2.05) is 25.8 Å². The third-order valence-electron chi connectivity index (χ3n) is 4.43. The first-order chi connectivity index (χ1) is 12.3.